The van der Waals surface area contributed by atoms with Gasteiger partial charge in [0, 0.05) is 0 Å². The van der Waals surface area contributed by atoms with Crippen molar-refractivity contribution in [3.05, 3.63) is 66.2 Å². The predicted octanol–water partition coefficient (Wildman–Crippen LogP) is 4.02. The molecular weight excluding hydrogens is 308 g/mol. The second-order valence-corrected chi connectivity index (χ2v) is 8.54. The molecule has 0 saturated carbocycles. The van der Waals surface area contributed by atoms with Gasteiger partial charge < -0.3 is 4.74 Å². The highest BCUT2D eigenvalue weighted by Gasteiger charge is 2.45. The minimum Gasteiger partial charge on any atom is -0.369 e. The summed E-state index contributed by atoms with van der Waals surface area (Å²) in [5, 5.41) is -0.505. The molecule has 1 aliphatic heterocycles. The Morgan fingerprint density at radius 2 is 1.52 bits per heavy atom. The molecule has 0 aromatic heterocycles. The molecule has 4 heteroatoms. The molecule has 2 aromatic carbocycles. The summed E-state index contributed by atoms with van der Waals surface area (Å²) in [6, 6.07) is 18.6. The molecule has 2 aromatic rings. The third-order valence-corrected chi connectivity index (χ3v) is 6.62. The molecular formula is C19H22O3S. The van der Waals surface area contributed by atoms with Crippen molar-refractivity contribution in [2.75, 3.05) is 0 Å². The van der Waals surface area contributed by atoms with Crippen LogP contribution < -0.4 is 0 Å². The number of sulfone groups is 1. The van der Waals surface area contributed by atoms with Gasteiger partial charge in [0.05, 0.1) is 22.4 Å². The summed E-state index contributed by atoms with van der Waals surface area (Å²) in [5.74, 6) is 0.146. The van der Waals surface area contributed by atoms with Crippen LogP contribution in [0.1, 0.15) is 31.9 Å². The number of ether oxygens (including phenoxy) is 1. The molecule has 3 nitrogen and oxygen atoms in total. The van der Waals surface area contributed by atoms with Crippen molar-refractivity contribution in [1.29, 1.82) is 0 Å². The van der Waals surface area contributed by atoms with Gasteiger partial charge in [0.1, 0.15) is 0 Å². The van der Waals surface area contributed by atoms with Gasteiger partial charge in [-0.15, -0.1) is 0 Å². The molecule has 3 rings (SSSR count). The zero-order valence-corrected chi connectivity index (χ0v) is 14.2. The van der Waals surface area contributed by atoms with Crippen molar-refractivity contribution >= 4 is 9.84 Å². The van der Waals surface area contributed by atoms with Crippen LogP contribution in [0.2, 0.25) is 0 Å². The van der Waals surface area contributed by atoms with E-state index in [9.17, 15) is 8.42 Å². The summed E-state index contributed by atoms with van der Waals surface area (Å²) >= 11 is 0. The SMILES string of the molecule is CC(C)[C@H]1O[C@H](c2ccccc2)C[C@@H]1S(=O)(=O)c1ccccc1. The fraction of sp³-hybridized carbons (Fsp3) is 0.368. The van der Waals surface area contributed by atoms with Gasteiger partial charge in [0.2, 0.25) is 0 Å². The maximum Gasteiger partial charge on any atom is 0.183 e. The topological polar surface area (TPSA) is 43.4 Å². The van der Waals surface area contributed by atoms with Gasteiger partial charge in [-0.2, -0.15) is 0 Å². The Bertz CT molecular complexity index is 739. The number of rotatable bonds is 4. The first-order chi connectivity index (χ1) is 11.0. The van der Waals surface area contributed by atoms with Crippen molar-refractivity contribution in [2.45, 2.75) is 42.6 Å². The Balaban J connectivity index is 1.94. The molecule has 3 atom stereocenters. The minimum absolute atomic E-state index is 0.146. The van der Waals surface area contributed by atoms with E-state index in [2.05, 4.69) is 0 Å². The second kappa shape index (κ2) is 6.46. The Hall–Kier alpha value is -1.65. The first-order valence-corrected chi connectivity index (χ1v) is 9.54. The molecule has 0 unspecified atom stereocenters. The summed E-state index contributed by atoms with van der Waals surface area (Å²) in [6.07, 6.45) is 0.0573. The van der Waals surface area contributed by atoms with Crippen molar-refractivity contribution in [1.82, 2.24) is 0 Å². The fourth-order valence-electron chi connectivity index (χ4n) is 3.23. The molecule has 0 N–H and O–H groups in total. The van der Waals surface area contributed by atoms with Crippen LogP contribution in [0.15, 0.2) is 65.6 Å². The van der Waals surface area contributed by atoms with Crippen LogP contribution in [0.25, 0.3) is 0 Å². The van der Waals surface area contributed by atoms with Crippen molar-refractivity contribution in [3.63, 3.8) is 0 Å². The summed E-state index contributed by atoms with van der Waals surface area (Å²) in [4.78, 5) is 0.382. The Morgan fingerprint density at radius 1 is 0.957 bits per heavy atom. The van der Waals surface area contributed by atoms with Crippen molar-refractivity contribution in [2.24, 2.45) is 5.92 Å². The van der Waals surface area contributed by atoms with Crippen LogP contribution in [0.3, 0.4) is 0 Å². The standard InChI is InChI=1S/C19H22O3S/c1-14(2)19-18(23(20,21)16-11-7-4-8-12-16)13-17(22-19)15-9-5-3-6-10-15/h3-12,14,17-19H,13H2,1-2H3/t17-,18-,19+/m0/s1. The summed E-state index contributed by atoms with van der Waals surface area (Å²) in [5.41, 5.74) is 1.05. The lowest BCUT2D eigenvalue weighted by atomic mass is 10.0. The van der Waals surface area contributed by atoms with Crippen molar-refractivity contribution < 1.29 is 13.2 Å². The largest absolute Gasteiger partial charge is 0.369 e. The summed E-state index contributed by atoms with van der Waals surface area (Å²) in [6.45, 7) is 4.04. The lowest BCUT2D eigenvalue weighted by Crippen LogP contribution is -2.34. The van der Waals surface area contributed by atoms with E-state index < -0.39 is 15.1 Å². The Morgan fingerprint density at radius 3 is 2.09 bits per heavy atom. The van der Waals surface area contributed by atoms with E-state index in [0.29, 0.717) is 11.3 Å². The molecule has 23 heavy (non-hydrogen) atoms. The van der Waals surface area contributed by atoms with E-state index in [1.54, 1.807) is 24.3 Å². The first-order valence-electron chi connectivity index (χ1n) is 7.99. The number of hydrogen-bond donors (Lipinski definition) is 0. The predicted molar refractivity (Wildman–Crippen MR) is 90.9 cm³/mol. The van der Waals surface area contributed by atoms with Crippen LogP contribution in [0.5, 0.6) is 0 Å². The summed E-state index contributed by atoms with van der Waals surface area (Å²) < 4.78 is 32.2. The highest BCUT2D eigenvalue weighted by Crippen LogP contribution is 2.41. The zero-order chi connectivity index (χ0) is 16.4. The van der Waals surface area contributed by atoms with E-state index in [1.165, 1.54) is 0 Å². The Kier molecular flexibility index (Phi) is 4.55. The molecule has 1 aliphatic rings. The monoisotopic (exact) mass is 330 g/mol. The van der Waals surface area contributed by atoms with Crippen LogP contribution in [0.4, 0.5) is 0 Å². The maximum atomic E-state index is 13.0. The smallest absolute Gasteiger partial charge is 0.183 e. The van der Waals surface area contributed by atoms with Gasteiger partial charge >= 0.3 is 0 Å². The lowest BCUT2D eigenvalue weighted by Gasteiger charge is -2.22. The normalized spacial score (nSPS) is 24.9. The van der Waals surface area contributed by atoms with E-state index in [1.807, 2.05) is 50.2 Å². The van der Waals surface area contributed by atoms with Gasteiger partial charge in [-0.05, 0) is 30.0 Å². The molecule has 0 bridgehead atoms. The summed E-state index contributed by atoms with van der Waals surface area (Å²) in [7, 11) is -3.40. The molecule has 0 spiro atoms. The van der Waals surface area contributed by atoms with E-state index in [0.717, 1.165) is 5.56 Å². The van der Waals surface area contributed by atoms with Gasteiger partial charge in [-0.1, -0.05) is 62.4 Å². The van der Waals surface area contributed by atoms with Crippen LogP contribution >= 0.6 is 0 Å². The van der Waals surface area contributed by atoms with E-state index >= 15 is 0 Å². The third-order valence-electron chi connectivity index (χ3n) is 4.43. The maximum absolute atomic E-state index is 13.0. The average molecular weight is 330 g/mol. The lowest BCUT2D eigenvalue weighted by molar-refractivity contribution is 0.0196. The van der Waals surface area contributed by atoms with E-state index in [-0.39, 0.29) is 18.1 Å². The van der Waals surface area contributed by atoms with Gasteiger partial charge in [0.25, 0.3) is 0 Å². The van der Waals surface area contributed by atoms with E-state index in [4.69, 9.17) is 4.74 Å². The number of benzene rings is 2. The molecule has 0 radical (unpaired) electrons. The van der Waals surface area contributed by atoms with Crippen LogP contribution in [-0.2, 0) is 14.6 Å². The van der Waals surface area contributed by atoms with Gasteiger partial charge in [0.15, 0.2) is 9.84 Å². The molecule has 1 fully saturated rings. The molecule has 0 amide bonds. The first kappa shape index (κ1) is 16.2. The minimum atomic E-state index is -3.40. The highest BCUT2D eigenvalue weighted by molar-refractivity contribution is 7.92. The molecule has 1 saturated heterocycles. The molecule has 0 aliphatic carbocycles. The number of hydrogen-bond acceptors (Lipinski definition) is 3. The van der Waals surface area contributed by atoms with Gasteiger partial charge in [-0.25, -0.2) is 8.42 Å². The zero-order valence-electron chi connectivity index (χ0n) is 13.4. The fourth-order valence-corrected chi connectivity index (χ4v) is 5.28. The second-order valence-electron chi connectivity index (χ2n) is 6.38. The van der Waals surface area contributed by atoms with Gasteiger partial charge in [-0.3, -0.25) is 0 Å². The van der Waals surface area contributed by atoms with Crippen molar-refractivity contribution in [3.8, 4) is 0 Å². The third kappa shape index (κ3) is 3.19. The Labute approximate surface area is 138 Å². The molecule has 1 heterocycles. The quantitative estimate of drug-likeness (QED) is 0.850. The average Bonchev–Trinajstić information content (AvgIpc) is 3.03. The van der Waals surface area contributed by atoms with Crippen LogP contribution in [-0.4, -0.2) is 19.8 Å². The highest BCUT2D eigenvalue weighted by atomic mass is 32.2. The van der Waals surface area contributed by atoms with Crippen LogP contribution in [0, 0.1) is 5.92 Å². The molecule has 122 valence electrons.